The van der Waals surface area contributed by atoms with Crippen LogP contribution in [0.3, 0.4) is 0 Å². The van der Waals surface area contributed by atoms with Gasteiger partial charge in [-0.25, -0.2) is 0 Å². The summed E-state index contributed by atoms with van der Waals surface area (Å²) >= 11 is 0. The average Bonchev–Trinajstić information content (AvgIpc) is 2.52. The Morgan fingerprint density at radius 2 is 1.74 bits per heavy atom. The second kappa shape index (κ2) is 6.52. The van der Waals surface area contributed by atoms with Gasteiger partial charge >= 0.3 is 5.69 Å². The lowest BCUT2D eigenvalue weighted by molar-refractivity contribution is -0.393. The van der Waals surface area contributed by atoms with Crippen molar-refractivity contribution < 1.29 is 9.85 Å². The average molecular weight is 315 g/mol. The van der Waals surface area contributed by atoms with E-state index in [0.717, 1.165) is 11.6 Å². The van der Waals surface area contributed by atoms with E-state index < -0.39 is 15.5 Å². The van der Waals surface area contributed by atoms with Crippen molar-refractivity contribution in [2.75, 3.05) is 11.2 Å². The number of nitro benzene ring substituents is 2. The van der Waals surface area contributed by atoms with E-state index in [4.69, 9.17) is 5.73 Å². The van der Waals surface area contributed by atoms with Gasteiger partial charge in [-0.15, -0.1) is 0 Å². The maximum Gasteiger partial charge on any atom is 0.301 e. The SMILES string of the molecule is CC(=NNc1ccc([N+](=O)[O-])cc1[N+](=O)[O-])c1ccc(N)cc1. The third-order valence-electron chi connectivity index (χ3n) is 3.06. The Balaban J connectivity index is 2.28. The molecular weight excluding hydrogens is 302 g/mol. The highest BCUT2D eigenvalue weighted by Gasteiger charge is 2.19. The number of nitrogens with two attached hydrogens (primary N) is 1. The molecule has 0 saturated heterocycles. The fourth-order valence-electron chi connectivity index (χ4n) is 1.81. The molecule has 0 fully saturated rings. The molecule has 23 heavy (non-hydrogen) atoms. The Kier molecular flexibility index (Phi) is 4.50. The molecule has 9 heteroatoms. The Bertz CT molecular complexity index is 786. The topological polar surface area (TPSA) is 137 Å². The van der Waals surface area contributed by atoms with E-state index in [2.05, 4.69) is 10.5 Å². The van der Waals surface area contributed by atoms with Crippen LogP contribution in [0.2, 0.25) is 0 Å². The molecule has 0 aliphatic rings. The third kappa shape index (κ3) is 3.79. The van der Waals surface area contributed by atoms with Crippen molar-refractivity contribution >= 4 is 28.5 Å². The molecule has 0 amide bonds. The first-order valence-corrected chi connectivity index (χ1v) is 6.47. The summed E-state index contributed by atoms with van der Waals surface area (Å²) in [5.74, 6) is 0. The lowest BCUT2D eigenvalue weighted by Crippen LogP contribution is -2.02. The van der Waals surface area contributed by atoms with Crippen LogP contribution in [0.5, 0.6) is 0 Å². The van der Waals surface area contributed by atoms with Crippen LogP contribution in [-0.4, -0.2) is 15.6 Å². The van der Waals surface area contributed by atoms with E-state index in [9.17, 15) is 20.2 Å². The smallest absolute Gasteiger partial charge is 0.301 e. The van der Waals surface area contributed by atoms with Crippen molar-refractivity contribution in [2.24, 2.45) is 5.10 Å². The molecule has 0 bridgehead atoms. The molecule has 0 aromatic heterocycles. The number of nitrogens with one attached hydrogen (secondary N) is 1. The Labute approximate surface area is 130 Å². The van der Waals surface area contributed by atoms with Crippen molar-refractivity contribution in [1.29, 1.82) is 0 Å². The van der Waals surface area contributed by atoms with E-state index in [1.54, 1.807) is 31.2 Å². The molecule has 0 radical (unpaired) electrons. The summed E-state index contributed by atoms with van der Waals surface area (Å²) in [6.07, 6.45) is 0. The Morgan fingerprint density at radius 3 is 2.30 bits per heavy atom. The lowest BCUT2D eigenvalue weighted by Gasteiger charge is -2.05. The molecular formula is C14H13N5O4. The molecule has 2 rings (SSSR count). The predicted molar refractivity (Wildman–Crippen MR) is 86.4 cm³/mol. The van der Waals surface area contributed by atoms with Crippen LogP contribution in [-0.2, 0) is 0 Å². The molecule has 118 valence electrons. The van der Waals surface area contributed by atoms with Gasteiger partial charge in [0, 0.05) is 11.8 Å². The van der Waals surface area contributed by atoms with Gasteiger partial charge in [-0.3, -0.25) is 25.7 Å². The summed E-state index contributed by atoms with van der Waals surface area (Å²) in [6.45, 7) is 1.72. The summed E-state index contributed by atoms with van der Waals surface area (Å²) in [5, 5.41) is 25.8. The number of non-ortho nitro benzene ring substituents is 1. The zero-order valence-corrected chi connectivity index (χ0v) is 12.1. The zero-order valence-electron chi connectivity index (χ0n) is 12.1. The molecule has 3 N–H and O–H groups in total. The van der Waals surface area contributed by atoms with Gasteiger partial charge < -0.3 is 5.73 Å². The Hall–Kier alpha value is -3.49. The maximum absolute atomic E-state index is 11.0. The highest BCUT2D eigenvalue weighted by Crippen LogP contribution is 2.29. The molecule has 0 saturated carbocycles. The minimum Gasteiger partial charge on any atom is -0.399 e. The van der Waals surface area contributed by atoms with E-state index in [1.807, 2.05) is 0 Å². The van der Waals surface area contributed by atoms with Crippen molar-refractivity contribution in [1.82, 2.24) is 0 Å². The molecule has 9 nitrogen and oxygen atoms in total. The molecule has 2 aromatic carbocycles. The van der Waals surface area contributed by atoms with E-state index >= 15 is 0 Å². The van der Waals surface area contributed by atoms with Crippen molar-refractivity contribution in [3.63, 3.8) is 0 Å². The first kappa shape index (κ1) is 15.9. The fraction of sp³-hybridized carbons (Fsp3) is 0.0714. The van der Waals surface area contributed by atoms with Gasteiger partial charge in [0.1, 0.15) is 5.69 Å². The van der Waals surface area contributed by atoms with Crippen LogP contribution in [0, 0.1) is 20.2 Å². The third-order valence-corrected chi connectivity index (χ3v) is 3.06. The van der Waals surface area contributed by atoms with Crippen LogP contribution in [0.15, 0.2) is 47.6 Å². The minimum atomic E-state index is -0.705. The number of nitrogens with zero attached hydrogens (tertiary/aromatic N) is 3. The maximum atomic E-state index is 11.0. The molecule has 0 atom stereocenters. The number of rotatable bonds is 5. The van der Waals surface area contributed by atoms with Gasteiger partial charge in [-0.05, 0) is 30.7 Å². The molecule has 0 aliphatic carbocycles. The van der Waals surface area contributed by atoms with Gasteiger partial charge in [0.25, 0.3) is 5.69 Å². The molecule has 2 aromatic rings. The summed E-state index contributed by atoms with van der Waals surface area (Å²) in [6, 6.07) is 10.3. The highest BCUT2D eigenvalue weighted by molar-refractivity contribution is 5.99. The van der Waals surface area contributed by atoms with Crippen LogP contribution in [0.25, 0.3) is 0 Å². The largest absolute Gasteiger partial charge is 0.399 e. The van der Waals surface area contributed by atoms with E-state index in [-0.39, 0.29) is 11.4 Å². The van der Waals surface area contributed by atoms with Gasteiger partial charge in [0.15, 0.2) is 0 Å². The first-order chi connectivity index (χ1) is 10.9. The first-order valence-electron chi connectivity index (χ1n) is 6.47. The Morgan fingerprint density at radius 1 is 1.09 bits per heavy atom. The molecule has 0 unspecified atom stereocenters. The number of anilines is 2. The zero-order chi connectivity index (χ0) is 17.0. The van der Waals surface area contributed by atoms with Crippen LogP contribution >= 0.6 is 0 Å². The number of benzene rings is 2. The highest BCUT2D eigenvalue weighted by atomic mass is 16.6. The number of hydrogen-bond acceptors (Lipinski definition) is 7. The summed E-state index contributed by atoms with van der Waals surface area (Å²) < 4.78 is 0. The number of hydrazone groups is 1. The van der Waals surface area contributed by atoms with Crippen molar-refractivity contribution in [3.8, 4) is 0 Å². The van der Waals surface area contributed by atoms with Gasteiger partial charge in [0.2, 0.25) is 0 Å². The predicted octanol–water partition coefficient (Wildman–Crippen LogP) is 2.92. The van der Waals surface area contributed by atoms with Crippen LogP contribution in [0.4, 0.5) is 22.7 Å². The summed E-state index contributed by atoms with van der Waals surface area (Å²) in [5.41, 5.74) is 9.43. The second-order valence-corrected chi connectivity index (χ2v) is 4.65. The molecule has 0 spiro atoms. The molecule has 0 heterocycles. The fourth-order valence-corrected chi connectivity index (χ4v) is 1.81. The van der Waals surface area contributed by atoms with Crippen molar-refractivity contribution in [2.45, 2.75) is 6.92 Å². The second-order valence-electron chi connectivity index (χ2n) is 4.65. The summed E-state index contributed by atoms with van der Waals surface area (Å²) in [4.78, 5) is 20.3. The monoisotopic (exact) mass is 315 g/mol. The standard InChI is InChI=1S/C14H13N5O4/c1-9(10-2-4-11(15)5-3-10)16-17-13-7-6-12(18(20)21)8-14(13)19(22)23/h2-8,17H,15H2,1H3. The summed E-state index contributed by atoms with van der Waals surface area (Å²) in [7, 11) is 0. The normalized spacial score (nSPS) is 11.1. The molecule has 0 aliphatic heterocycles. The van der Waals surface area contributed by atoms with E-state index in [0.29, 0.717) is 11.4 Å². The van der Waals surface area contributed by atoms with Crippen LogP contribution in [0.1, 0.15) is 12.5 Å². The number of nitrogen functional groups attached to an aromatic ring is 1. The lowest BCUT2D eigenvalue weighted by atomic mass is 10.1. The van der Waals surface area contributed by atoms with Gasteiger partial charge in [-0.2, -0.15) is 5.10 Å². The minimum absolute atomic E-state index is 0.0652. The number of nitro groups is 2. The van der Waals surface area contributed by atoms with Gasteiger partial charge in [0.05, 0.1) is 21.6 Å². The number of hydrogen-bond donors (Lipinski definition) is 2. The van der Waals surface area contributed by atoms with E-state index in [1.165, 1.54) is 12.1 Å². The van der Waals surface area contributed by atoms with Gasteiger partial charge in [-0.1, -0.05) is 12.1 Å². The van der Waals surface area contributed by atoms with Crippen LogP contribution < -0.4 is 11.2 Å². The quantitative estimate of drug-likeness (QED) is 0.376. The van der Waals surface area contributed by atoms with Crippen molar-refractivity contribution in [3.05, 3.63) is 68.3 Å².